The molecule has 4 rings (SSSR count). The van der Waals surface area contributed by atoms with Crippen molar-refractivity contribution in [1.29, 1.82) is 0 Å². The van der Waals surface area contributed by atoms with E-state index in [1.165, 1.54) is 0 Å². The molecule has 0 bridgehead atoms. The van der Waals surface area contributed by atoms with Crippen molar-refractivity contribution >= 4 is 27.7 Å². The number of amides is 1. The summed E-state index contributed by atoms with van der Waals surface area (Å²) in [5.74, 6) is 0.292. The number of hydrogen-bond donors (Lipinski definition) is 0. The molecule has 1 saturated heterocycles. The lowest BCUT2D eigenvalue weighted by molar-refractivity contribution is -0.126. The van der Waals surface area contributed by atoms with Gasteiger partial charge in [-0.15, -0.1) is 0 Å². The Morgan fingerprint density at radius 2 is 1.52 bits per heavy atom. The number of carbonyl (C=O) groups excluding carboxylic acids is 1. The molecule has 21 heavy (non-hydrogen) atoms. The van der Waals surface area contributed by atoms with Gasteiger partial charge >= 0.3 is 0 Å². The van der Waals surface area contributed by atoms with Gasteiger partial charge in [0.15, 0.2) is 0 Å². The Morgan fingerprint density at radius 1 is 0.952 bits per heavy atom. The summed E-state index contributed by atoms with van der Waals surface area (Å²) in [6.45, 7) is 0.957. The Bertz CT molecular complexity index is 730. The van der Waals surface area contributed by atoms with E-state index in [9.17, 15) is 4.79 Å². The molecule has 1 aliphatic rings. The summed E-state index contributed by atoms with van der Waals surface area (Å²) in [5.41, 5.74) is 1.95. The molecule has 0 N–H and O–H groups in total. The van der Waals surface area contributed by atoms with Crippen molar-refractivity contribution in [2.75, 3.05) is 13.6 Å². The lowest BCUT2D eigenvalue weighted by atomic mass is 10.1. The number of aromatic nitrogens is 2. The number of rotatable bonds is 0. The second-order valence-corrected chi connectivity index (χ2v) is 5.13. The average molecular weight is 279 g/mol. The first kappa shape index (κ1) is 13.5. The van der Waals surface area contributed by atoms with Crippen LogP contribution in [0.2, 0.25) is 0 Å². The van der Waals surface area contributed by atoms with E-state index in [2.05, 4.69) is 34.2 Å². The third kappa shape index (κ3) is 2.84. The fourth-order valence-corrected chi connectivity index (χ4v) is 2.46. The fraction of sp³-hybridized carbons (Fsp3) is 0.235. The Balaban J connectivity index is 0.000000160. The molecule has 3 aromatic rings. The molecule has 0 saturated carbocycles. The van der Waals surface area contributed by atoms with E-state index < -0.39 is 0 Å². The summed E-state index contributed by atoms with van der Waals surface area (Å²) in [5, 5.41) is 2.28. The predicted octanol–water partition coefficient (Wildman–Crippen LogP) is 3.02. The Morgan fingerprint density at radius 3 is 1.90 bits per heavy atom. The fourth-order valence-electron chi connectivity index (χ4n) is 2.46. The van der Waals surface area contributed by atoms with Crippen molar-refractivity contribution in [2.45, 2.75) is 12.8 Å². The van der Waals surface area contributed by atoms with Gasteiger partial charge < -0.3 is 4.90 Å². The van der Waals surface area contributed by atoms with Crippen LogP contribution in [-0.2, 0) is 4.79 Å². The molecular weight excluding hydrogens is 262 g/mol. The summed E-state index contributed by atoms with van der Waals surface area (Å²) < 4.78 is 0. The predicted molar refractivity (Wildman–Crippen MR) is 83.9 cm³/mol. The van der Waals surface area contributed by atoms with Gasteiger partial charge in [-0.05, 0) is 18.6 Å². The highest BCUT2D eigenvalue weighted by Gasteiger charge is 2.14. The molecule has 0 spiro atoms. The maximum atomic E-state index is 10.5. The van der Waals surface area contributed by atoms with Crippen LogP contribution in [0, 0.1) is 0 Å². The molecule has 106 valence electrons. The number of carbonyl (C=O) groups is 1. The van der Waals surface area contributed by atoms with Gasteiger partial charge in [-0.1, -0.05) is 24.3 Å². The van der Waals surface area contributed by atoms with E-state index in [-0.39, 0.29) is 0 Å². The standard InChI is InChI=1S/C12H8N2.C5H9NO/c1-3-9-5-6-10-4-2-8-14-12(10)11(9)13-7-1;1-6-4-2-3-5(6)7/h1-8H;2-4H2,1H3. The van der Waals surface area contributed by atoms with Crippen molar-refractivity contribution < 1.29 is 4.79 Å². The first-order valence-corrected chi connectivity index (χ1v) is 7.08. The summed E-state index contributed by atoms with van der Waals surface area (Å²) in [7, 11) is 1.84. The minimum Gasteiger partial charge on any atom is -0.346 e. The molecule has 4 heteroatoms. The second kappa shape index (κ2) is 5.87. The highest BCUT2D eigenvalue weighted by molar-refractivity contribution is 6.02. The van der Waals surface area contributed by atoms with E-state index >= 15 is 0 Å². The first-order valence-electron chi connectivity index (χ1n) is 7.08. The molecule has 1 aromatic carbocycles. The molecule has 1 fully saturated rings. The van der Waals surface area contributed by atoms with Crippen molar-refractivity contribution in [1.82, 2.24) is 14.9 Å². The van der Waals surface area contributed by atoms with Gasteiger partial charge in [0, 0.05) is 43.2 Å². The van der Waals surface area contributed by atoms with Gasteiger partial charge in [-0.3, -0.25) is 14.8 Å². The Labute approximate surface area is 123 Å². The summed E-state index contributed by atoms with van der Waals surface area (Å²) in [6.07, 6.45) is 5.42. The van der Waals surface area contributed by atoms with Crippen molar-refractivity contribution in [3.05, 3.63) is 48.8 Å². The molecule has 4 nitrogen and oxygen atoms in total. The van der Waals surface area contributed by atoms with Gasteiger partial charge in [0.1, 0.15) is 0 Å². The molecule has 0 radical (unpaired) electrons. The van der Waals surface area contributed by atoms with Gasteiger partial charge in [0.25, 0.3) is 0 Å². The molecule has 3 heterocycles. The lowest BCUT2D eigenvalue weighted by Gasteiger charge is -2.03. The van der Waals surface area contributed by atoms with Gasteiger partial charge in [0.05, 0.1) is 11.0 Å². The zero-order valence-corrected chi connectivity index (χ0v) is 12.0. The minimum absolute atomic E-state index is 0.292. The summed E-state index contributed by atoms with van der Waals surface area (Å²) in [4.78, 5) is 21.0. The van der Waals surface area contributed by atoms with Crippen LogP contribution in [0.3, 0.4) is 0 Å². The van der Waals surface area contributed by atoms with Crippen molar-refractivity contribution in [3.63, 3.8) is 0 Å². The van der Waals surface area contributed by atoms with Gasteiger partial charge in [-0.2, -0.15) is 0 Å². The largest absolute Gasteiger partial charge is 0.346 e. The van der Waals surface area contributed by atoms with E-state index in [4.69, 9.17) is 0 Å². The quantitative estimate of drug-likeness (QED) is 0.594. The number of benzene rings is 1. The van der Waals surface area contributed by atoms with E-state index in [1.807, 2.05) is 19.2 Å². The summed E-state index contributed by atoms with van der Waals surface area (Å²) >= 11 is 0. The van der Waals surface area contributed by atoms with Gasteiger partial charge in [0.2, 0.25) is 5.91 Å². The third-order valence-electron chi connectivity index (χ3n) is 3.65. The molecule has 0 atom stereocenters. The highest BCUT2D eigenvalue weighted by Crippen LogP contribution is 2.20. The maximum absolute atomic E-state index is 10.5. The Kier molecular flexibility index (Phi) is 3.77. The smallest absolute Gasteiger partial charge is 0.222 e. The van der Waals surface area contributed by atoms with Gasteiger partial charge in [-0.25, -0.2) is 0 Å². The number of pyridine rings is 2. The van der Waals surface area contributed by atoms with Crippen LogP contribution in [-0.4, -0.2) is 34.4 Å². The first-order chi connectivity index (χ1) is 10.3. The number of nitrogens with zero attached hydrogens (tertiary/aromatic N) is 3. The molecule has 0 unspecified atom stereocenters. The molecule has 1 aliphatic heterocycles. The molecular formula is C17H17N3O. The van der Waals surface area contributed by atoms with E-state index in [1.54, 1.807) is 17.3 Å². The van der Waals surface area contributed by atoms with E-state index in [0.717, 1.165) is 41.2 Å². The zero-order chi connectivity index (χ0) is 14.7. The van der Waals surface area contributed by atoms with Crippen molar-refractivity contribution in [3.8, 4) is 0 Å². The number of likely N-dealkylation sites (tertiary alicyclic amines) is 1. The van der Waals surface area contributed by atoms with Crippen LogP contribution in [0.1, 0.15) is 12.8 Å². The van der Waals surface area contributed by atoms with Crippen molar-refractivity contribution in [2.24, 2.45) is 0 Å². The SMILES string of the molecule is CN1CCCC1=O.c1cnc2c(c1)ccc1cccnc12. The summed E-state index contributed by atoms with van der Waals surface area (Å²) in [6, 6.07) is 12.1. The minimum atomic E-state index is 0.292. The number of fused-ring (bicyclic) bond motifs is 3. The molecule has 2 aromatic heterocycles. The average Bonchev–Trinajstić information content (AvgIpc) is 2.91. The van der Waals surface area contributed by atoms with Crippen LogP contribution in [0.4, 0.5) is 0 Å². The van der Waals surface area contributed by atoms with Crippen LogP contribution < -0.4 is 0 Å². The van der Waals surface area contributed by atoms with Crippen LogP contribution >= 0.6 is 0 Å². The lowest BCUT2D eigenvalue weighted by Crippen LogP contribution is -2.17. The topological polar surface area (TPSA) is 46.1 Å². The Hall–Kier alpha value is -2.49. The third-order valence-corrected chi connectivity index (χ3v) is 3.65. The monoisotopic (exact) mass is 279 g/mol. The number of hydrogen-bond acceptors (Lipinski definition) is 3. The normalized spacial score (nSPS) is 14.3. The highest BCUT2D eigenvalue weighted by atomic mass is 16.2. The molecule has 1 amide bonds. The zero-order valence-electron chi connectivity index (χ0n) is 12.0. The van der Waals surface area contributed by atoms with E-state index in [0.29, 0.717) is 5.91 Å². The second-order valence-electron chi connectivity index (χ2n) is 5.13. The molecule has 0 aliphatic carbocycles. The van der Waals surface area contributed by atoms with Crippen LogP contribution in [0.5, 0.6) is 0 Å². The van der Waals surface area contributed by atoms with Crippen LogP contribution in [0.15, 0.2) is 48.8 Å². The maximum Gasteiger partial charge on any atom is 0.222 e. The van der Waals surface area contributed by atoms with Crippen LogP contribution in [0.25, 0.3) is 21.8 Å².